The molecule has 2 aromatic carbocycles. The molecule has 1 heterocycles. The van der Waals surface area contributed by atoms with Crippen LogP contribution < -0.4 is 4.72 Å². The number of nitrogens with one attached hydrogen (secondary N) is 1. The van der Waals surface area contributed by atoms with Gasteiger partial charge < -0.3 is 9.30 Å². The van der Waals surface area contributed by atoms with E-state index in [9.17, 15) is 18.0 Å². The molecule has 0 saturated heterocycles. The minimum Gasteiger partial charge on any atom is -0.456 e. The van der Waals surface area contributed by atoms with E-state index in [0.717, 1.165) is 22.4 Å². The van der Waals surface area contributed by atoms with Gasteiger partial charge in [0.05, 0.1) is 10.0 Å². The Morgan fingerprint density at radius 2 is 1.69 bits per heavy atom. The smallest absolute Gasteiger partial charge is 0.321 e. The number of carbonyl (C=O) groups is 2. The molecule has 7 nitrogen and oxygen atoms in total. The first-order chi connectivity index (χ1) is 16.5. The number of hydrogen-bond donors (Lipinski definition) is 1. The fourth-order valence-corrected chi connectivity index (χ4v) is 4.44. The molecule has 0 amide bonds. The lowest BCUT2D eigenvalue weighted by Gasteiger charge is -2.11. The van der Waals surface area contributed by atoms with E-state index in [0.29, 0.717) is 26.9 Å². The highest BCUT2D eigenvalue weighted by Gasteiger charge is 2.19. The second kappa shape index (κ2) is 11.2. The summed E-state index contributed by atoms with van der Waals surface area (Å²) in [6.07, 6.45) is 1.42. The van der Waals surface area contributed by atoms with Gasteiger partial charge >= 0.3 is 5.97 Å². The number of halogens is 2. The van der Waals surface area contributed by atoms with Crippen molar-refractivity contribution in [2.75, 3.05) is 13.2 Å². The maximum absolute atomic E-state index is 12.7. The number of esters is 1. The summed E-state index contributed by atoms with van der Waals surface area (Å²) in [6.45, 7) is 4.40. The second-order valence-electron chi connectivity index (χ2n) is 7.88. The normalized spacial score (nSPS) is 11.7. The third-order valence-corrected chi connectivity index (χ3v) is 6.97. The van der Waals surface area contributed by atoms with Crippen molar-refractivity contribution in [1.29, 1.82) is 0 Å². The summed E-state index contributed by atoms with van der Waals surface area (Å²) in [5.41, 5.74) is 4.29. The number of rotatable bonds is 9. The van der Waals surface area contributed by atoms with Gasteiger partial charge in [-0.25, -0.2) is 13.1 Å². The lowest BCUT2D eigenvalue weighted by atomic mass is 10.1. The molecule has 1 N–H and O–H groups in total. The summed E-state index contributed by atoms with van der Waals surface area (Å²) < 4.78 is 33.2. The van der Waals surface area contributed by atoms with Gasteiger partial charge in [-0.05, 0) is 56.7 Å². The second-order valence-corrected chi connectivity index (χ2v) is 10.3. The Bertz CT molecular complexity index is 1390. The van der Waals surface area contributed by atoms with Crippen molar-refractivity contribution in [1.82, 2.24) is 9.29 Å². The topological polar surface area (TPSA) is 94.5 Å². The molecule has 184 valence electrons. The van der Waals surface area contributed by atoms with Crippen molar-refractivity contribution in [3.05, 3.63) is 92.1 Å². The molecule has 10 heteroatoms. The minimum absolute atomic E-state index is 0.378. The van der Waals surface area contributed by atoms with Crippen molar-refractivity contribution >= 4 is 51.1 Å². The van der Waals surface area contributed by atoms with Crippen LogP contribution in [0.2, 0.25) is 10.0 Å². The van der Waals surface area contributed by atoms with Gasteiger partial charge in [0.25, 0.3) is 0 Å². The van der Waals surface area contributed by atoms with Crippen LogP contribution in [0.25, 0.3) is 11.8 Å². The van der Waals surface area contributed by atoms with Gasteiger partial charge in [-0.15, -0.1) is 0 Å². The summed E-state index contributed by atoms with van der Waals surface area (Å²) in [5, 5.41) is 1.77. The van der Waals surface area contributed by atoms with Crippen LogP contribution in [-0.2, 0) is 19.6 Å². The summed E-state index contributed by atoms with van der Waals surface area (Å²) in [6, 6.07) is 14.1. The van der Waals surface area contributed by atoms with Crippen LogP contribution in [0.1, 0.15) is 32.9 Å². The third kappa shape index (κ3) is 7.05. The number of hydrogen-bond acceptors (Lipinski definition) is 5. The fourth-order valence-electron chi connectivity index (χ4n) is 3.39. The molecule has 0 unspecified atom stereocenters. The van der Waals surface area contributed by atoms with Crippen LogP contribution in [0, 0.1) is 20.8 Å². The van der Waals surface area contributed by atoms with Crippen LogP contribution in [0.5, 0.6) is 0 Å². The molecule has 3 aromatic rings. The van der Waals surface area contributed by atoms with Gasteiger partial charge in [-0.2, -0.15) is 0 Å². The Balaban J connectivity index is 1.58. The van der Waals surface area contributed by atoms with Crippen molar-refractivity contribution in [2.24, 2.45) is 0 Å². The van der Waals surface area contributed by atoms with Crippen molar-refractivity contribution in [3.8, 4) is 5.69 Å². The van der Waals surface area contributed by atoms with E-state index < -0.39 is 34.9 Å². The molecule has 0 saturated carbocycles. The number of Topliss-reactive ketones (excluding diaryl/α,β-unsaturated/α-hetero) is 1. The highest BCUT2D eigenvalue weighted by molar-refractivity contribution is 7.92. The zero-order valence-corrected chi connectivity index (χ0v) is 21.7. The van der Waals surface area contributed by atoms with Gasteiger partial charge in [0.15, 0.2) is 6.61 Å². The fraction of sp³-hybridized carbons (Fsp3) is 0.200. The van der Waals surface area contributed by atoms with Gasteiger partial charge in [0.2, 0.25) is 15.8 Å². The maximum atomic E-state index is 12.7. The molecule has 0 aliphatic heterocycles. The quantitative estimate of drug-likeness (QED) is 0.307. The Labute approximate surface area is 214 Å². The van der Waals surface area contributed by atoms with E-state index in [-0.39, 0.29) is 0 Å². The van der Waals surface area contributed by atoms with Crippen LogP contribution >= 0.6 is 23.2 Å². The van der Waals surface area contributed by atoms with Gasteiger partial charge in [0.1, 0.15) is 6.54 Å². The Morgan fingerprint density at radius 1 is 1.00 bits per heavy atom. The summed E-state index contributed by atoms with van der Waals surface area (Å²) in [7, 11) is -3.86. The van der Waals surface area contributed by atoms with E-state index >= 15 is 0 Å². The van der Waals surface area contributed by atoms with E-state index in [2.05, 4.69) is 4.72 Å². The number of nitrogens with zero attached hydrogens (tertiary/aromatic N) is 1. The predicted molar refractivity (Wildman–Crippen MR) is 138 cm³/mol. The average Bonchev–Trinajstić information content (AvgIpc) is 3.11. The number of aromatic nitrogens is 1. The van der Waals surface area contributed by atoms with Crippen LogP contribution in [0.15, 0.2) is 53.9 Å². The Hall–Kier alpha value is -2.91. The Morgan fingerprint density at radius 3 is 2.34 bits per heavy atom. The van der Waals surface area contributed by atoms with E-state index in [1.807, 2.05) is 30.5 Å². The first-order valence-electron chi connectivity index (χ1n) is 10.5. The molecule has 0 bridgehead atoms. The molecule has 35 heavy (non-hydrogen) atoms. The molecule has 0 spiro atoms. The molecule has 3 rings (SSSR count). The first-order valence-corrected chi connectivity index (χ1v) is 12.8. The Kier molecular flexibility index (Phi) is 8.56. The molecular weight excluding hydrogens is 511 g/mol. The van der Waals surface area contributed by atoms with Crippen molar-refractivity contribution in [2.45, 2.75) is 20.8 Å². The van der Waals surface area contributed by atoms with Crippen LogP contribution in [0.4, 0.5) is 0 Å². The minimum atomic E-state index is -3.86. The average molecular weight is 535 g/mol. The first kappa shape index (κ1) is 26.7. The lowest BCUT2D eigenvalue weighted by molar-refractivity contribution is -0.141. The highest BCUT2D eigenvalue weighted by atomic mass is 35.5. The molecule has 0 radical (unpaired) electrons. The molecular formula is C25H24Cl2N2O5S. The number of carbonyl (C=O) groups excluding carboxylic acids is 2. The zero-order chi connectivity index (χ0) is 25.8. The summed E-state index contributed by atoms with van der Waals surface area (Å²) in [5.74, 6) is -1.29. The van der Waals surface area contributed by atoms with Crippen molar-refractivity contribution in [3.63, 3.8) is 0 Å². The zero-order valence-electron chi connectivity index (χ0n) is 19.3. The van der Waals surface area contributed by atoms with E-state index in [4.69, 9.17) is 27.9 Å². The van der Waals surface area contributed by atoms with Crippen LogP contribution in [0.3, 0.4) is 0 Å². The lowest BCUT2D eigenvalue weighted by Crippen LogP contribution is -2.30. The molecule has 0 atom stereocenters. The maximum Gasteiger partial charge on any atom is 0.321 e. The molecule has 0 aliphatic rings. The summed E-state index contributed by atoms with van der Waals surface area (Å²) >= 11 is 12.1. The molecule has 0 aliphatic carbocycles. The number of ketones is 1. The standard InChI is InChI=1S/C25H24Cl2N2O5S/c1-16-4-6-19(7-5-16)10-11-35(32,33)28-14-25(31)34-15-24(30)21-12-17(2)29(18(21)3)20-8-9-22(26)23(27)13-20/h4-13,28H,14-15H2,1-3H3/b11-10+. The predicted octanol–water partition coefficient (Wildman–Crippen LogP) is 5.03. The number of aryl methyl sites for hydroxylation is 2. The SMILES string of the molecule is Cc1ccc(/C=C/S(=O)(=O)NCC(=O)OCC(=O)c2cc(C)n(-c3ccc(Cl)c(Cl)c3)c2C)cc1. The van der Waals surface area contributed by atoms with Crippen molar-refractivity contribution < 1.29 is 22.7 Å². The number of sulfonamides is 1. The van der Waals surface area contributed by atoms with E-state index in [1.165, 1.54) is 6.08 Å². The largest absolute Gasteiger partial charge is 0.456 e. The van der Waals surface area contributed by atoms with Gasteiger partial charge in [-0.1, -0.05) is 53.0 Å². The van der Waals surface area contributed by atoms with Crippen LogP contribution in [-0.4, -0.2) is 37.9 Å². The van der Waals surface area contributed by atoms with E-state index in [1.54, 1.807) is 43.3 Å². The number of ether oxygens (including phenoxy) is 1. The molecule has 0 fully saturated rings. The summed E-state index contributed by atoms with van der Waals surface area (Å²) in [4.78, 5) is 24.7. The third-order valence-electron chi connectivity index (χ3n) is 5.19. The highest BCUT2D eigenvalue weighted by Crippen LogP contribution is 2.27. The van der Waals surface area contributed by atoms with Gasteiger partial charge in [-0.3, -0.25) is 9.59 Å². The van der Waals surface area contributed by atoms with Gasteiger partial charge in [0, 0.05) is 28.0 Å². The monoisotopic (exact) mass is 534 g/mol. The number of benzene rings is 2. The molecule has 1 aromatic heterocycles.